The van der Waals surface area contributed by atoms with Gasteiger partial charge in [-0.3, -0.25) is 14.8 Å². The predicted molar refractivity (Wildman–Crippen MR) is 112 cm³/mol. The van der Waals surface area contributed by atoms with Crippen LogP contribution in [0.25, 0.3) is 0 Å². The first-order valence-corrected chi connectivity index (χ1v) is 11.0. The Labute approximate surface area is 185 Å². The Morgan fingerprint density at radius 3 is 2.88 bits per heavy atom. The average molecular weight is 432 g/mol. The predicted octanol–water partition coefficient (Wildman–Crippen LogP) is 2.25. The quantitative estimate of drug-likeness (QED) is 0.590. The number of carbonyl (C=O) groups excluding carboxylic acids is 1. The van der Waals surface area contributed by atoms with E-state index in [1.807, 2.05) is 17.2 Å². The molecule has 2 aromatic heterocycles. The summed E-state index contributed by atoms with van der Waals surface area (Å²) < 4.78 is 14.2. The number of ether oxygens (including phenoxy) is 2. The fraction of sp³-hybridized carbons (Fsp3) is 0.435. The van der Waals surface area contributed by atoms with Crippen molar-refractivity contribution in [1.29, 1.82) is 0 Å². The van der Waals surface area contributed by atoms with Crippen molar-refractivity contribution < 1.29 is 14.3 Å². The van der Waals surface area contributed by atoms with Crippen LogP contribution in [0.1, 0.15) is 48.5 Å². The monoisotopic (exact) mass is 432 g/mol. The number of benzene rings is 1. The summed E-state index contributed by atoms with van der Waals surface area (Å²) in [5.74, 6) is 0.0744. The summed E-state index contributed by atoms with van der Waals surface area (Å²) in [5, 5.41) is 7.85. The van der Waals surface area contributed by atoms with Crippen LogP contribution < -0.4 is 0 Å². The molecule has 2 atom stereocenters. The molecule has 3 fully saturated rings. The normalized spacial score (nSPS) is 28.8. The van der Waals surface area contributed by atoms with Crippen molar-refractivity contribution in [2.45, 2.75) is 62.8 Å². The van der Waals surface area contributed by atoms with Gasteiger partial charge in [0.25, 0.3) is 5.91 Å². The van der Waals surface area contributed by atoms with Crippen molar-refractivity contribution in [1.82, 2.24) is 29.9 Å². The Morgan fingerprint density at radius 1 is 1.16 bits per heavy atom. The van der Waals surface area contributed by atoms with Crippen LogP contribution >= 0.6 is 0 Å². The van der Waals surface area contributed by atoms with E-state index in [-0.39, 0.29) is 24.3 Å². The zero-order valence-corrected chi connectivity index (χ0v) is 17.6. The first kappa shape index (κ1) is 19.5. The molecule has 9 nitrogen and oxygen atoms in total. The van der Waals surface area contributed by atoms with Crippen LogP contribution in [0.15, 0.2) is 55.2 Å². The van der Waals surface area contributed by atoms with E-state index in [0.29, 0.717) is 26.0 Å². The second-order valence-electron chi connectivity index (χ2n) is 8.76. The molecule has 1 spiro atoms. The fourth-order valence-corrected chi connectivity index (χ4v) is 5.09. The van der Waals surface area contributed by atoms with Crippen molar-refractivity contribution in [3.05, 3.63) is 72.1 Å². The summed E-state index contributed by atoms with van der Waals surface area (Å²) in [6.07, 6.45) is 11.3. The maximum atomic E-state index is 13.3. The minimum Gasteiger partial charge on any atom is -0.373 e. The number of hydrogen-bond donors (Lipinski definition) is 0. The Hall–Kier alpha value is -3.17. The number of hydrogen-bond acceptors (Lipinski definition) is 7. The summed E-state index contributed by atoms with van der Waals surface area (Å²) in [7, 11) is 0. The van der Waals surface area contributed by atoms with E-state index < -0.39 is 5.60 Å². The summed E-state index contributed by atoms with van der Waals surface area (Å²) in [6, 6.07) is 8.22. The first-order chi connectivity index (χ1) is 15.7. The Kier molecular flexibility index (Phi) is 4.73. The molecule has 1 unspecified atom stereocenters. The Morgan fingerprint density at radius 2 is 2.06 bits per heavy atom. The second-order valence-corrected chi connectivity index (χ2v) is 8.76. The lowest BCUT2D eigenvalue weighted by atomic mass is 9.76. The summed E-state index contributed by atoms with van der Waals surface area (Å²) in [5.41, 5.74) is 2.35. The Bertz CT molecular complexity index is 1100. The number of fused-ring (bicyclic) bond motifs is 1. The molecule has 2 aliphatic heterocycles. The topological polar surface area (TPSA) is 95.3 Å². The van der Waals surface area contributed by atoms with Gasteiger partial charge in [0, 0.05) is 31.4 Å². The lowest BCUT2D eigenvalue weighted by Crippen LogP contribution is -2.54. The van der Waals surface area contributed by atoms with Gasteiger partial charge in [-0.25, -0.2) is 4.68 Å². The van der Waals surface area contributed by atoms with Gasteiger partial charge < -0.3 is 14.4 Å². The molecular weight excluding hydrogens is 408 g/mol. The third kappa shape index (κ3) is 3.37. The minimum absolute atomic E-state index is 0.0212. The molecule has 4 heterocycles. The third-order valence-electron chi connectivity index (χ3n) is 6.65. The van der Waals surface area contributed by atoms with Gasteiger partial charge in [-0.1, -0.05) is 29.5 Å². The largest absolute Gasteiger partial charge is 0.373 e. The smallest absolute Gasteiger partial charge is 0.257 e. The second kappa shape index (κ2) is 7.75. The maximum absolute atomic E-state index is 13.3. The van der Waals surface area contributed by atoms with Gasteiger partial charge in [0.05, 0.1) is 43.4 Å². The molecule has 9 heteroatoms. The van der Waals surface area contributed by atoms with Crippen molar-refractivity contribution in [2.75, 3.05) is 0 Å². The number of amides is 1. The van der Waals surface area contributed by atoms with Gasteiger partial charge in [0.1, 0.15) is 6.23 Å². The third-order valence-corrected chi connectivity index (χ3v) is 6.65. The number of carbonyl (C=O) groups is 1. The first-order valence-electron chi connectivity index (χ1n) is 11.0. The van der Waals surface area contributed by atoms with E-state index in [1.54, 1.807) is 29.5 Å². The SMILES string of the molecule is O=C1N2C(CC[C@H]2c2cnccn2)OC12CC(OCc1cccc(Cn3ccnn3)c1)C2. The molecule has 2 saturated heterocycles. The van der Waals surface area contributed by atoms with Crippen LogP contribution in [-0.2, 0) is 27.4 Å². The van der Waals surface area contributed by atoms with Crippen LogP contribution in [-0.4, -0.2) is 53.7 Å². The molecule has 1 saturated carbocycles. The van der Waals surface area contributed by atoms with Crippen LogP contribution in [0.3, 0.4) is 0 Å². The number of aromatic nitrogens is 5. The highest BCUT2D eigenvalue weighted by molar-refractivity contribution is 5.89. The molecule has 3 aliphatic rings. The average Bonchev–Trinajstić information content (AvgIpc) is 3.50. The molecule has 32 heavy (non-hydrogen) atoms. The fourth-order valence-electron chi connectivity index (χ4n) is 5.09. The molecule has 1 amide bonds. The van der Waals surface area contributed by atoms with Crippen LogP contribution in [0.2, 0.25) is 0 Å². The highest BCUT2D eigenvalue weighted by Gasteiger charge is 2.63. The molecule has 164 valence electrons. The van der Waals surface area contributed by atoms with E-state index in [9.17, 15) is 4.79 Å². The molecule has 6 rings (SSSR count). The van der Waals surface area contributed by atoms with E-state index in [0.717, 1.165) is 29.7 Å². The molecule has 1 aromatic carbocycles. The van der Waals surface area contributed by atoms with E-state index in [4.69, 9.17) is 9.47 Å². The highest BCUT2D eigenvalue weighted by atomic mass is 16.6. The van der Waals surface area contributed by atoms with Crippen LogP contribution in [0.5, 0.6) is 0 Å². The van der Waals surface area contributed by atoms with Crippen LogP contribution in [0, 0.1) is 0 Å². The van der Waals surface area contributed by atoms with Gasteiger partial charge in [0.2, 0.25) is 0 Å². The summed E-state index contributed by atoms with van der Waals surface area (Å²) in [6.45, 7) is 1.18. The molecular formula is C23H24N6O3. The number of nitrogens with zero attached hydrogens (tertiary/aromatic N) is 6. The van der Waals surface area contributed by atoms with Gasteiger partial charge in [-0.2, -0.15) is 0 Å². The van der Waals surface area contributed by atoms with Gasteiger partial charge in [0.15, 0.2) is 5.60 Å². The molecule has 0 N–H and O–H groups in total. The maximum Gasteiger partial charge on any atom is 0.257 e. The minimum atomic E-state index is -0.731. The zero-order chi connectivity index (χ0) is 21.5. The molecule has 0 radical (unpaired) electrons. The zero-order valence-electron chi connectivity index (χ0n) is 17.6. The molecule has 3 aromatic rings. The summed E-state index contributed by atoms with van der Waals surface area (Å²) >= 11 is 0. The highest BCUT2D eigenvalue weighted by Crippen LogP contribution is 2.51. The van der Waals surface area contributed by atoms with Crippen molar-refractivity contribution in [2.24, 2.45) is 0 Å². The van der Waals surface area contributed by atoms with Crippen molar-refractivity contribution in [3.63, 3.8) is 0 Å². The van der Waals surface area contributed by atoms with Crippen LogP contribution in [0.4, 0.5) is 0 Å². The number of rotatable bonds is 6. The lowest BCUT2D eigenvalue weighted by Gasteiger charge is -2.42. The summed E-state index contributed by atoms with van der Waals surface area (Å²) in [4.78, 5) is 23.7. The van der Waals surface area contributed by atoms with Gasteiger partial charge >= 0.3 is 0 Å². The Balaban J connectivity index is 1.06. The molecule has 1 aliphatic carbocycles. The van der Waals surface area contributed by atoms with E-state index in [1.165, 1.54) is 0 Å². The van der Waals surface area contributed by atoms with E-state index in [2.05, 4.69) is 38.5 Å². The standard InChI is InChI=1S/C23H24N6O3/c30-22-23(32-21-5-4-20(29(21)22)19-13-24-6-7-25-19)11-18(12-23)31-15-17-3-1-2-16(10-17)14-28-9-8-26-27-28/h1-3,6-10,13,18,20-21H,4-5,11-12,14-15H2/t18?,20-,21?,23?/m0/s1. The van der Waals surface area contributed by atoms with Crippen molar-refractivity contribution >= 4 is 5.91 Å². The van der Waals surface area contributed by atoms with E-state index >= 15 is 0 Å². The molecule has 0 bridgehead atoms. The van der Waals surface area contributed by atoms with Gasteiger partial charge in [-0.15, -0.1) is 5.10 Å². The lowest BCUT2D eigenvalue weighted by molar-refractivity contribution is -0.177. The van der Waals surface area contributed by atoms with Gasteiger partial charge in [-0.05, 0) is 24.0 Å². The van der Waals surface area contributed by atoms with Crippen molar-refractivity contribution in [3.8, 4) is 0 Å².